The Balaban J connectivity index is 0.00000285. The molecule has 8 rings (SSSR count). The molecule has 19 nitrogen and oxygen atoms in total. The molecule has 0 amide bonds. The van der Waals surface area contributed by atoms with Gasteiger partial charge < -0.3 is 91.9 Å². The van der Waals surface area contributed by atoms with E-state index in [1.807, 2.05) is 24.3 Å². The van der Waals surface area contributed by atoms with E-state index in [1.54, 1.807) is 30.3 Å². The Morgan fingerprint density at radius 1 is 0.290 bits per heavy atom. The minimum absolute atomic E-state index is 0.273. The Bertz CT molecular complexity index is 3080. The Labute approximate surface area is 345 Å². The van der Waals surface area contributed by atoms with E-state index >= 15 is 0 Å². The average Bonchev–Trinajstić information content (AvgIpc) is 3.28. The van der Waals surface area contributed by atoms with E-state index in [0.717, 1.165) is 23.3 Å². The summed E-state index contributed by atoms with van der Waals surface area (Å²) in [4.78, 5) is 0.544. The zero-order valence-electron chi connectivity index (χ0n) is 31.4. The summed E-state index contributed by atoms with van der Waals surface area (Å²) in [7, 11) is 1.00. The van der Waals surface area contributed by atoms with Crippen LogP contribution in [0.25, 0.3) is 54.6 Å². The number of rotatable bonds is 5. The van der Waals surface area contributed by atoms with Crippen molar-refractivity contribution in [2.24, 2.45) is 0 Å². The summed E-state index contributed by atoms with van der Waals surface area (Å²) in [6.45, 7) is 0. The van der Waals surface area contributed by atoms with Crippen molar-refractivity contribution in [1.82, 2.24) is 0 Å². The molecule has 0 aliphatic rings. The van der Waals surface area contributed by atoms with E-state index in [0.29, 0.717) is 27.1 Å². The van der Waals surface area contributed by atoms with Gasteiger partial charge in [0.25, 0.3) is 0 Å². The van der Waals surface area contributed by atoms with Crippen molar-refractivity contribution in [2.45, 2.75) is 0 Å². The van der Waals surface area contributed by atoms with Crippen molar-refractivity contribution < 1.29 is 91.9 Å². The summed E-state index contributed by atoms with van der Waals surface area (Å²) in [5.41, 5.74) is -6.91. The topological polar surface area (TPSA) is 367 Å². The van der Waals surface area contributed by atoms with Crippen LogP contribution in [0.2, 0.25) is 0 Å². The van der Waals surface area contributed by atoms with E-state index in [-0.39, 0.29) is 5.69 Å². The van der Waals surface area contributed by atoms with Gasteiger partial charge in [0, 0.05) is 18.4 Å². The van der Waals surface area contributed by atoms with Crippen LogP contribution in [0.1, 0.15) is 0 Å². The summed E-state index contributed by atoms with van der Waals surface area (Å²) < 4.78 is 0. The van der Waals surface area contributed by atoms with Crippen LogP contribution in [-0.4, -0.2) is 99.0 Å². The lowest BCUT2D eigenvalue weighted by Crippen LogP contribution is -2.12. The highest BCUT2D eigenvalue weighted by atomic mass is 16.4. The second-order valence-corrected chi connectivity index (χ2v) is 13.5. The Kier molecular flexibility index (Phi) is 9.69. The molecule has 19 heteroatoms. The highest BCUT2D eigenvalue weighted by molar-refractivity contribution is 6.26. The lowest BCUT2D eigenvalue weighted by Gasteiger charge is -2.30. The van der Waals surface area contributed by atoms with E-state index in [9.17, 15) is 86.8 Å². The number of phenolic OH excluding ortho intramolecular Hbond substituents is 17. The molecule has 0 aliphatic heterocycles. The van der Waals surface area contributed by atoms with Crippen molar-refractivity contribution in [1.29, 1.82) is 0 Å². The SMILES string of the molecule is CO.Oc1cc(-c2c(O)c(O)c(N(c3ccc4c5ccccc5c5ccccc5c4c3)c3c(O)c(O)c(-c4c(O)c(O)c(O)c(O)c4O)c(O)c3O)c(O)c2O)c(O)c(O)c1O. The van der Waals surface area contributed by atoms with Crippen LogP contribution in [0, 0.1) is 0 Å². The number of anilines is 3. The van der Waals surface area contributed by atoms with Crippen LogP contribution in [0.15, 0.2) is 72.8 Å². The second kappa shape index (κ2) is 14.6. The van der Waals surface area contributed by atoms with E-state index < -0.39 is 131 Å². The summed E-state index contributed by atoms with van der Waals surface area (Å²) in [5, 5.41) is 196. The monoisotopic (exact) mass is 851 g/mol. The Morgan fingerprint density at radius 2 is 0.613 bits per heavy atom. The molecule has 8 aromatic rings. The molecule has 62 heavy (non-hydrogen) atoms. The van der Waals surface area contributed by atoms with Gasteiger partial charge in [-0.2, -0.15) is 0 Å². The molecule has 0 fully saturated rings. The van der Waals surface area contributed by atoms with Crippen molar-refractivity contribution in [3.63, 3.8) is 0 Å². The first-order valence-corrected chi connectivity index (χ1v) is 17.6. The maximum atomic E-state index is 11.7. The minimum Gasteiger partial charge on any atom is -0.504 e. The zero-order chi connectivity index (χ0) is 45.4. The minimum atomic E-state index is -1.53. The van der Waals surface area contributed by atoms with Gasteiger partial charge in [0.2, 0.25) is 28.7 Å². The van der Waals surface area contributed by atoms with Crippen LogP contribution in [0.5, 0.6) is 97.7 Å². The fraction of sp³-hybridized carbons (Fsp3) is 0.0233. The molecule has 18 N–H and O–H groups in total. The molecular weight excluding hydrogens is 818 g/mol. The predicted molar refractivity (Wildman–Crippen MR) is 221 cm³/mol. The van der Waals surface area contributed by atoms with Crippen LogP contribution < -0.4 is 4.90 Å². The van der Waals surface area contributed by atoms with E-state index in [4.69, 9.17) is 5.11 Å². The zero-order valence-corrected chi connectivity index (χ0v) is 31.4. The van der Waals surface area contributed by atoms with Gasteiger partial charge in [-0.1, -0.05) is 54.6 Å². The van der Waals surface area contributed by atoms with Crippen LogP contribution in [0.3, 0.4) is 0 Å². The van der Waals surface area contributed by atoms with Gasteiger partial charge in [0.1, 0.15) is 11.4 Å². The molecule has 0 heterocycles. The number of aliphatic hydroxyl groups is 1. The molecule has 0 aromatic heterocycles. The normalized spacial score (nSPS) is 11.2. The number of phenols is 17. The van der Waals surface area contributed by atoms with Gasteiger partial charge in [-0.05, 0) is 50.5 Å². The van der Waals surface area contributed by atoms with Crippen molar-refractivity contribution >= 4 is 49.4 Å². The summed E-state index contributed by atoms with van der Waals surface area (Å²) in [6.07, 6.45) is 0. The van der Waals surface area contributed by atoms with E-state index in [1.165, 1.54) is 12.1 Å². The number of hydrogen-bond acceptors (Lipinski definition) is 19. The van der Waals surface area contributed by atoms with Crippen molar-refractivity contribution in [2.75, 3.05) is 12.0 Å². The highest BCUT2D eigenvalue weighted by Crippen LogP contribution is 2.67. The Morgan fingerprint density at radius 3 is 1.03 bits per heavy atom. The molecule has 0 atom stereocenters. The van der Waals surface area contributed by atoms with Gasteiger partial charge in [-0.25, -0.2) is 0 Å². The third-order valence-corrected chi connectivity index (χ3v) is 10.3. The van der Waals surface area contributed by atoms with Crippen molar-refractivity contribution in [3.8, 4) is 120 Å². The summed E-state index contributed by atoms with van der Waals surface area (Å²) in [6, 6.07) is 19.3. The quantitative estimate of drug-likeness (QED) is 0.0495. The molecular formula is C43H33NO18. The van der Waals surface area contributed by atoms with Crippen LogP contribution in [-0.2, 0) is 0 Å². The number of benzene rings is 8. The highest BCUT2D eigenvalue weighted by Gasteiger charge is 2.38. The van der Waals surface area contributed by atoms with Gasteiger partial charge in [-0.3, -0.25) is 4.90 Å². The maximum Gasteiger partial charge on any atom is 0.208 e. The number of fused-ring (bicyclic) bond motifs is 6. The smallest absolute Gasteiger partial charge is 0.208 e. The molecule has 8 aromatic carbocycles. The largest absolute Gasteiger partial charge is 0.504 e. The average molecular weight is 852 g/mol. The predicted octanol–water partition coefficient (Wildman–Crippen LogP) is 6.55. The first kappa shape index (κ1) is 41.1. The fourth-order valence-corrected chi connectivity index (χ4v) is 7.44. The number of hydrogen-bond donors (Lipinski definition) is 18. The molecule has 0 saturated carbocycles. The summed E-state index contributed by atoms with van der Waals surface area (Å²) in [5.74, 6) is -23.9. The first-order valence-electron chi connectivity index (χ1n) is 17.6. The Hall–Kier alpha value is -9.10. The first-order chi connectivity index (χ1) is 29.4. The lowest BCUT2D eigenvalue weighted by molar-refractivity contribution is 0.329. The second-order valence-electron chi connectivity index (χ2n) is 13.5. The van der Waals surface area contributed by atoms with Crippen LogP contribution in [0.4, 0.5) is 17.1 Å². The molecule has 0 spiro atoms. The third-order valence-electron chi connectivity index (χ3n) is 10.3. The lowest BCUT2D eigenvalue weighted by atomic mass is 9.93. The molecule has 0 aliphatic carbocycles. The molecule has 0 bridgehead atoms. The number of aliphatic hydroxyl groups excluding tert-OH is 1. The van der Waals surface area contributed by atoms with Crippen LogP contribution >= 0.6 is 0 Å². The van der Waals surface area contributed by atoms with Gasteiger partial charge in [0.15, 0.2) is 69.0 Å². The number of nitrogens with zero attached hydrogens (tertiary/aromatic N) is 1. The molecule has 0 radical (unpaired) electrons. The van der Waals surface area contributed by atoms with Gasteiger partial charge in [-0.15, -0.1) is 0 Å². The number of aromatic hydroxyl groups is 17. The summed E-state index contributed by atoms with van der Waals surface area (Å²) >= 11 is 0. The standard InChI is InChI=1S/C42H29NO17.CH4O/c44-21-12-20(27(45)39(57)28(21)46)22-29(47)35(53)25(36(54)30(22)48)43(13-9-10-18-16-7-2-1-5-14(16)15-6-3-4-8-17(15)19(18)11-13)26-37(55)31(49)23(32(50)38(26)56)24-33(51)40(58)42(60)41(59)34(24)52;1-2/h1-12,44-60H;2H,1H3. The maximum absolute atomic E-state index is 11.7. The fourth-order valence-electron chi connectivity index (χ4n) is 7.44. The van der Waals surface area contributed by atoms with Gasteiger partial charge >= 0.3 is 0 Å². The van der Waals surface area contributed by atoms with Crippen molar-refractivity contribution in [3.05, 3.63) is 72.8 Å². The molecule has 318 valence electrons. The third kappa shape index (κ3) is 5.64. The van der Waals surface area contributed by atoms with E-state index in [2.05, 4.69) is 0 Å². The van der Waals surface area contributed by atoms with Gasteiger partial charge in [0.05, 0.1) is 16.7 Å². The molecule has 0 unspecified atom stereocenters. The molecule has 0 saturated heterocycles.